The molecule has 1 aromatic carbocycles. The van der Waals surface area contributed by atoms with Crippen LogP contribution in [-0.2, 0) is 6.54 Å². The number of rotatable bonds is 4. The number of aromatic amines is 1. The molecule has 0 radical (unpaired) electrons. The van der Waals surface area contributed by atoms with E-state index in [0.29, 0.717) is 18.0 Å². The van der Waals surface area contributed by atoms with Gasteiger partial charge in [0.05, 0.1) is 6.54 Å². The number of piperidine rings is 3. The molecule has 1 N–H and O–H groups in total. The first-order chi connectivity index (χ1) is 13.9. The molecule has 3 aromatic rings. The summed E-state index contributed by atoms with van der Waals surface area (Å²) in [5.74, 6) is 3.34. The minimum absolute atomic E-state index is 0.594. The number of hydrogen-bond acceptors (Lipinski definition) is 4. The van der Waals surface area contributed by atoms with E-state index >= 15 is 0 Å². The first kappa shape index (κ1) is 16.6. The molecule has 4 aliphatic heterocycles. The Kier molecular flexibility index (Phi) is 3.91. The molecule has 144 valence electrons. The normalized spacial score (nSPS) is 31.9. The van der Waals surface area contributed by atoms with E-state index in [2.05, 4.69) is 62.5 Å². The fourth-order valence-corrected chi connectivity index (χ4v) is 5.92. The van der Waals surface area contributed by atoms with Gasteiger partial charge in [0.25, 0.3) is 0 Å². The van der Waals surface area contributed by atoms with Crippen LogP contribution in [0.4, 0.5) is 0 Å². The Bertz CT molecular complexity index is 927. The average Bonchev–Trinajstić information content (AvgIpc) is 3.50. The minimum Gasteiger partial charge on any atom is -0.458 e. The van der Waals surface area contributed by atoms with Gasteiger partial charge in [-0.25, -0.2) is 0 Å². The molecule has 2 aromatic heterocycles. The van der Waals surface area contributed by atoms with Crippen LogP contribution in [-0.4, -0.2) is 51.7 Å². The molecule has 0 amide bonds. The lowest BCUT2D eigenvalue weighted by Gasteiger charge is -2.51. The molecule has 0 spiro atoms. The predicted molar refractivity (Wildman–Crippen MR) is 108 cm³/mol. The highest BCUT2D eigenvalue weighted by atomic mass is 16.3. The van der Waals surface area contributed by atoms with Gasteiger partial charge in [-0.15, -0.1) is 0 Å². The highest BCUT2D eigenvalue weighted by Gasteiger charge is 2.53. The summed E-state index contributed by atoms with van der Waals surface area (Å²) in [5, 5.41) is 7.03. The lowest BCUT2D eigenvalue weighted by molar-refractivity contribution is -0.0101. The summed E-state index contributed by atoms with van der Waals surface area (Å²) in [4.78, 5) is 5.47. The quantitative estimate of drug-likeness (QED) is 0.756. The second-order valence-electron chi connectivity index (χ2n) is 8.54. The van der Waals surface area contributed by atoms with Gasteiger partial charge in [-0.05, 0) is 55.6 Å². The van der Waals surface area contributed by atoms with Crippen molar-refractivity contribution in [3.8, 4) is 11.5 Å². The number of nitrogens with zero attached hydrogens (tertiary/aromatic N) is 3. The predicted octanol–water partition coefficient (Wildman–Crippen LogP) is 3.73. The Morgan fingerprint density at radius 3 is 2.64 bits per heavy atom. The maximum absolute atomic E-state index is 6.16. The first-order valence-electron chi connectivity index (χ1n) is 10.5. The van der Waals surface area contributed by atoms with E-state index in [1.165, 1.54) is 31.5 Å². The Hall–Kier alpha value is -2.37. The molecule has 3 atom stereocenters. The zero-order valence-corrected chi connectivity index (χ0v) is 16.0. The summed E-state index contributed by atoms with van der Waals surface area (Å²) < 4.78 is 6.16. The van der Waals surface area contributed by atoms with Gasteiger partial charge in [-0.3, -0.25) is 14.9 Å². The van der Waals surface area contributed by atoms with E-state index < -0.39 is 0 Å². The number of furan rings is 1. The van der Waals surface area contributed by atoms with Crippen LogP contribution in [0.25, 0.3) is 11.5 Å². The van der Waals surface area contributed by atoms with Gasteiger partial charge in [-0.2, -0.15) is 5.10 Å². The molecule has 5 nitrogen and oxygen atoms in total. The number of nitrogens with one attached hydrogen (secondary N) is 1. The fourth-order valence-electron chi connectivity index (χ4n) is 5.92. The summed E-state index contributed by atoms with van der Waals surface area (Å²) in [5.41, 5.74) is 2.43. The maximum Gasteiger partial charge on any atom is 0.152 e. The highest BCUT2D eigenvalue weighted by Crippen LogP contribution is 2.47. The molecule has 6 heterocycles. The fraction of sp³-hybridized carbons (Fsp3) is 0.435. The van der Waals surface area contributed by atoms with E-state index in [0.717, 1.165) is 36.2 Å². The molecule has 4 saturated heterocycles. The number of H-pyrrole nitrogens is 1. The van der Waals surface area contributed by atoms with Crippen LogP contribution in [0.1, 0.15) is 30.1 Å². The second-order valence-corrected chi connectivity index (χ2v) is 8.54. The third-order valence-corrected chi connectivity index (χ3v) is 7.11. The summed E-state index contributed by atoms with van der Waals surface area (Å²) in [6, 6.07) is 18.6. The van der Waals surface area contributed by atoms with E-state index in [4.69, 9.17) is 4.42 Å². The zero-order chi connectivity index (χ0) is 18.5. The number of likely N-dealkylation sites (tertiary alicyclic amines) is 1. The molecule has 28 heavy (non-hydrogen) atoms. The van der Waals surface area contributed by atoms with Crippen molar-refractivity contribution >= 4 is 0 Å². The summed E-state index contributed by atoms with van der Waals surface area (Å²) in [7, 11) is 0. The van der Waals surface area contributed by atoms with Crippen LogP contribution in [0.2, 0.25) is 0 Å². The number of fused-ring (bicyclic) bond motifs is 2. The SMILES string of the molecule is c1ccc([C@@H]2CN(Cc3ccc(-c4ccn[nH]4)o3)[C@@H]3C4CCN(CC4)[C@@H]32)cc1. The Balaban J connectivity index is 1.29. The van der Waals surface area contributed by atoms with Crippen molar-refractivity contribution in [2.75, 3.05) is 19.6 Å². The number of hydrogen-bond donors (Lipinski definition) is 1. The molecule has 2 bridgehead atoms. The van der Waals surface area contributed by atoms with Gasteiger partial charge in [0.2, 0.25) is 0 Å². The monoisotopic (exact) mass is 374 g/mol. The highest BCUT2D eigenvalue weighted by molar-refractivity contribution is 5.51. The molecule has 0 aliphatic carbocycles. The van der Waals surface area contributed by atoms with Crippen LogP contribution in [0.5, 0.6) is 0 Å². The van der Waals surface area contributed by atoms with Crippen molar-refractivity contribution in [3.05, 3.63) is 66.1 Å². The van der Waals surface area contributed by atoms with Crippen LogP contribution in [0.15, 0.2) is 59.1 Å². The van der Waals surface area contributed by atoms with Gasteiger partial charge < -0.3 is 4.42 Å². The van der Waals surface area contributed by atoms with E-state index in [1.807, 2.05) is 6.07 Å². The summed E-state index contributed by atoms with van der Waals surface area (Å²) in [6.07, 6.45) is 4.45. The Labute approximate surface area is 165 Å². The van der Waals surface area contributed by atoms with Gasteiger partial charge in [0.15, 0.2) is 5.76 Å². The summed E-state index contributed by atoms with van der Waals surface area (Å²) in [6.45, 7) is 4.55. The van der Waals surface area contributed by atoms with Crippen molar-refractivity contribution in [1.82, 2.24) is 20.0 Å². The molecule has 4 fully saturated rings. The van der Waals surface area contributed by atoms with Crippen molar-refractivity contribution in [2.45, 2.75) is 37.4 Å². The third kappa shape index (κ3) is 2.65. The number of benzene rings is 1. The molecular weight excluding hydrogens is 348 g/mol. The maximum atomic E-state index is 6.16. The van der Waals surface area contributed by atoms with Crippen LogP contribution in [0.3, 0.4) is 0 Å². The topological polar surface area (TPSA) is 48.3 Å². The zero-order valence-electron chi connectivity index (χ0n) is 16.0. The van der Waals surface area contributed by atoms with Gasteiger partial charge in [0, 0.05) is 30.7 Å². The molecule has 4 aliphatic rings. The molecule has 0 saturated carbocycles. The van der Waals surface area contributed by atoms with E-state index in [-0.39, 0.29) is 0 Å². The van der Waals surface area contributed by atoms with Crippen molar-refractivity contribution < 1.29 is 4.42 Å². The average molecular weight is 374 g/mol. The number of aromatic nitrogens is 2. The Morgan fingerprint density at radius 1 is 1.00 bits per heavy atom. The Morgan fingerprint density at radius 2 is 1.86 bits per heavy atom. The molecule has 5 heteroatoms. The minimum atomic E-state index is 0.594. The lowest BCUT2D eigenvalue weighted by atomic mass is 9.75. The van der Waals surface area contributed by atoms with E-state index in [9.17, 15) is 0 Å². The van der Waals surface area contributed by atoms with Gasteiger partial charge in [-0.1, -0.05) is 30.3 Å². The van der Waals surface area contributed by atoms with Crippen molar-refractivity contribution in [3.63, 3.8) is 0 Å². The van der Waals surface area contributed by atoms with Crippen molar-refractivity contribution in [2.24, 2.45) is 5.92 Å². The van der Waals surface area contributed by atoms with Crippen LogP contribution in [0, 0.1) is 5.92 Å². The standard InChI is InChI=1S/C23H26N4O/c1-2-4-16(5-3-1)19-15-27(22-17-9-12-26(13-10-17)23(19)22)14-18-6-7-21(28-18)20-8-11-24-25-20/h1-8,11,17,19,22-23H,9-10,12-15H2,(H,24,25)/t19-,22+,23+/m0/s1. The summed E-state index contributed by atoms with van der Waals surface area (Å²) >= 11 is 0. The third-order valence-electron chi connectivity index (χ3n) is 7.11. The largest absolute Gasteiger partial charge is 0.458 e. The van der Waals surface area contributed by atoms with Gasteiger partial charge >= 0.3 is 0 Å². The second kappa shape index (κ2) is 6.61. The smallest absolute Gasteiger partial charge is 0.152 e. The molecule has 7 rings (SSSR count). The van der Waals surface area contributed by atoms with Crippen LogP contribution >= 0.6 is 0 Å². The first-order valence-corrected chi connectivity index (χ1v) is 10.5. The van der Waals surface area contributed by atoms with E-state index in [1.54, 1.807) is 6.20 Å². The van der Waals surface area contributed by atoms with Gasteiger partial charge in [0.1, 0.15) is 11.5 Å². The van der Waals surface area contributed by atoms with Crippen molar-refractivity contribution in [1.29, 1.82) is 0 Å². The lowest BCUT2D eigenvalue weighted by Crippen LogP contribution is -2.59. The van der Waals surface area contributed by atoms with Crippen LogP contribution < -0.4 is 0 Å². The molecular formula is C23H26N4O. The molecule has 0 unspecified atom stereocenters.